The van der Waals surface area contributed by atoms with Crippen LogP contribution in [0.1, 0.15) is 53.0 Å². The van der Waals surface area contributed by atoms with Crippen molar-refractivity contribution in [2.24, 2.45) is 0 Å². The zero-order chi connectivity index (χ0) is 15.9. The van der Waals surface area contributed by atoms with Crippen LogP contribution in [-0.4, -0.2) is 16.1 Å². The second-order valence-corrected chi connectivity index (χ2v) is 6.46. The maximum Gasteiger partial charge on any atom is 0.335 e. The minimum absolute atomic E-state index is 0.00793. The number of aromatic nitrogens is 1. The van der Waals surface area contributed by atoms with Gasteiger partial charge in [-0.2, -0.15) is 0 Å². The van der Waals surface area contributed by atoms with E-state index in [1.54, 1.807) is 12.1 Å². The Bertz CT molecular complexity index is 771. The van der Waals surface area contributed by atoms with Gasteiger partial charge >= 0.3 is 5.97 Å². The highest BCUT2D eigenvalue weighted by Gasteiger charge is 2.29. The summed E-state index contributed by atoms with van der Waals surface area (Å²) in [7, 11) is 0. The van der Waals surface area contributed by atoms with Gasteiger partial charge in [0.1, 0.15) is 0 Å². The summed E-state index contributed by atoms with van der Waals surface area (Å²) in [6, 6.07) is 9.46. The summed E-state index contributed by atoms with van der Waals surface area (Å²) in [5.74, 6) is -0.896. The molecule has 0 spiro atoms. The summed E-state index contributed by atoms with van der Waals surface area (Å²) in [5, 5.41) is 9.28. The fourth-order valence-electron chi connectivity index (χ4n) is 2.97. The summed E-state index contributed by atoms with van der Waals surface area (Å²) < 4.78 is 0. The van der Waals surface area contributed by atoms with E-state index in [2.05, 4.69) is 24.9 Å². The van der Waals surface area contributed by atoms with Crippen molar-refractivity contribution in [1.29, 1.82) is 0 Å². The van der Waals surface area contributed by atoms with Crippen molar-refractivity contribution in [2.75, 3.05) is 0 Å². The number of nitrogens with zero attached hydrogens (tertiary/aromatic N) is 1. The molecule has 3 nitrogen and oxygen atoms in total. The largest absolute Gasteiger partial charge is 0.478 e. The number of carbonyl (C=O) groups is 1. The minimum Gasteiger partial charge on any atom is -0.478 e. The SMILES string of the molecule is Cc1ccc(C2=CCC(C)(C)c3ccc(C(=O)O)cc32)cn1. The first-order valence-electron chi connectivity index (χ1n) is 7.40. The van der Waals surface area contributed by atoms with Gasteiger partial charge in [0.2, 0.25) is 0 Å². The van der Waals surface area contributed by atoms with Crippen LogP contribution >= 0.6 is 0 Å². The lowest BCUT2D eigenvalue weighted by molar-refractivity contribution is 0.0696. The molecule has 0 bridgehead atoms. The molecule has 0 saturated carbocycles. The molecule has 0 amide bonds. The normalized spacial score (nSPS) is 15.9. The Morgan fingerprint density at radius 3 is 2.64 bits per heavy atom. The Labute approximate surface area is 130 Å². The number of benzene rings is 1. The quantitative estimate of drug-likeness (QED) is 0.902. The summed E-state index contributed by atoms with van der Waals surface area (Å²) in [5.41, 5.74) is 5.60. The lowest BCUT2D eigenvalue weighted by Crippen LogP contribution is -2.22. The highest BCUT2D eigenvalue weighted by Crippen LogP contribution is 2.41. The van der Waals surface area contributed by atoms with Crippen molar-refractivity contribution in [3.63, 3.8) is 0 Å². The van der Waals surface area contributed by atoms with Crippen molar-refractivity contribution < 1.29 is 9.90 Å². The van der Waals surface area contributed by atoms with E-state index >= 15 is 0 Å². The van der Waals surface area contributed by atoms with Crippen LogP contribution in [0.5, 0.6) is 0 Å². The van der Waals surface area contributed by atoms with Gasteiger partial charge < -0.3 is 5.11 Å². The fraction of sp³-hybridized carbons (Fsp3) is 0.263. The van der Waals surface area contributed by atoms with E-state index in [4.69, 9.17) is 0 Å². The average Bonchev–Trinajstić information content (AvgIpc) is 2.48. The molecule has 0 atom stereocenters. The number of allylic oxidation sites excluding steroid dienone is 1. The molecule has 0 aliphatic heterocycles. The number of carboxylic acid groups (broad SMARTS) is 1. The Morgan fingerprint density at radius 1 is 1.23 bits per heavy atom. The molecule has 3 rings (SSSR count). The number of carboxylic acids is 1. The van der Waals surface area contributed by atoms with Gasteiger partial charge in [0.15, 0.2) is 0 Å². The van der Waals surface area contributed by atoms with Crippen LogP contribution in [-0.2, 0) is 5.41 Å². The maximum atomic E-state index is 11.3. The highest BCUT2D eigenvalue weighted by molar-refractivity contribution is 5.91. The number of aryl methyl sites for hydroxylation is 1. The van der Waals surface area contributed by atoms with E-state index in [1.165, 1.54) is 5.56 Å². The van der Waals surface area contributed by atoms with E-state index in [0.717, 1.165) is 28.8 Å². The van der Waals surface area contributed by atoms with Crippen LogP contribution in [0, 0.1) is 6.92 Å². The maximum absolute atomic E-state index is 11.3. The minimum atomic E-state index is -0.896. The molecule has 1 aromatic heterocycles. The van der Waals surface area contributed by atoms with Crippen LogP contribution in [0.4, 0.5) is 0 Å². The van der Waals surface area contributed by atoms with E-state index in [-0.39, 0.29) is 5.41 Å². The van der Waals surface area contributed by atoms with Crippen molar-refractivity contribution in [3.05, 3.63) is 70.6 Å². The molecular weight excluding hydrogens is 274 g/mol. The molecule has 0 saturated heterocycles. The number of hydrogen-bond donors (Lipinski definition) is 1. The Kier molecular flexibility index (Phi) is 3.36. The average molecular weight is 293 g/mol. The molecule has 22 heavy (non-hydrogen) atoms. The fourth-order valence-corrected chi connectivity index (χ4v) is 2.97. The van der Waals surface area contributed by atoms with Crippen LogP contribution < -0.4 is 0 Å². The molecule has 1 aliphatic carbocycles. The molecule has 2 aromatic rings. The molecule has 112 valence electrons. The van der Waals surface area contributed by atoms with Crippen molar-refractivity contribution >= 4 is 11.5 Å². The second-order valence-electron chi connectivity index (χ2n) is 6.46. The Balaban J connectivity index is 2.19. The van der Waals surface area contributed by atoms with Gasteiger partial charge in [-0.1, -0.05) is 32.1 Å². The Hall–Kier alpha value is -2.42. The van der Waals surface area contributed by atoms with E-state index in [1.807, 2.05) is 31.3 Å². The van der Waals surface area contributed by atoms with Gasteiger partial charge in [0.05, 0.1) is 5.56 Å². The molecule has 1 heterocycles. The number of rotatable bonds is 2. The molecule has 1 N–H and O–H groups in total. The standard InChI is InChI=1S/C19H19NO2/c1-12-4-5-14(11-20-12)15-8-9-19(2,3)17-7-6-13(18(21)22)10-16(15)17/h4-8,10-11H,9H2,1-3H3,(H,21,22). The summed E-state index contributed by atoms with van der Waals surface area (Å²) in [6.45, 7) is 6.33. The molecule has 3 heteroatoms. The third kappa shape index (κ3) is 2.43. The predicted octanol–water partition coefficient (Wildman–Crippen LogP) is 4.20. The first-order chi connectivity index (χ1) is 10.4. The van der Waals surface area contributed by atoms with Gasteiger partial charge in [-0.05, 0) is 53.7 Å². The lowest BCUT2D eigenvalue weighted by Gasteiger charge is -2.32. The number of fused-ring (bicyclic) bond motifs is 1. The molecule has 0 radical (unpaired) electrons. The molecule has 0 fully saturated rings. The monoisotopic (exact) mass is 293 g/mol. The zero-order valence-electron chi connectivity index (χ0n) is 13.1. The van der Waals surface area contributed by atoms with Crippen molar-refractivity contribution in [3.8, 4) is 0 Å². The zero-order valence-corrected chi connectivity index (χ0v) is 13.1. The number of pyridine rings is 1. The van der Waals surface area contributed by atoms with Gasteiger partial charge in [0, 0.05) is 17.5 Å². The smallest absolute Gasteiger partial charge is 0.335 e. The topological polar surface area (TPSA) is 50.2 Å². The van der Waals surface area contributed by atoms with E-state index in [0.29, 0.717) is 5.56 Å². The molecule has 1 aliphatic rings. The predicted molar refractivity (Wildman–Crippen MR) is 87.1 cm³/mol. The first kappa shape index (κ1) is 14.5. The van der Waals surface area contributed by atoms with Crippen molar-refractivity contribution in [1.82, 2.24) is 4.98 Å². The van der Waals surface area contributed by atoms with Crippen LogP contribution in [0.25, 0.3) is 5.57 Å². The van der Waals surface area contributed by atoms with E-state index < -0.39 is 5.97 Å². The van der Waals surface area contributed by atoms with E-state index in [9.17, 15) is 9.90 Å². The van der Waals surface area contributed by atoms with Gasteiger partial charge in [-0.3, -0.25) is 4.98 Å². The van der Waals surface area contributed by atoms with Gasteiger partial charge in [-0.25, -0.2) is 4.79 Å². The summed E-state index contributed by atoms with van der Waals surface area (Å²) in [6.07, 6.45) is 4.98. The lowest BCUT2D eigenvalue weighted by atomic mass is 9.72. The van der Waals surface area contributed by atoms with Gasteiger partial charge in [0.25, 0.3) is 0 Å². The van der Waals surface area contributed by atoms with Crippen LogP contribution in [0.15, 0.2) is 42.6 Å². The first-order valence-corrected chi connectivity index (χ1v) is 7.40. The number of hydrogen-bond acceptors (Lipinski definition) is 2. The third-order valence-corrected chi connectivity index (χ3v) is 4.32. The summed E-state index contributed by atoms with van der Waals surface area (Å²) >= 11 is 0. The second kappa shape index (κ2) is 5.09. The summed E-state index contributed by atoms with van der Waals surface area (Å²) in [4.78, 5) is 15.7. The molecule has 0 unspecified atom stereocenters. The van der Waals surface area contributed by atoms with Crippen LogP contribution in [0.2, 0.25) is 0 Å². The highest BCUT2D eigenvalue weighted by atomic mass is 16.4. The third-order valence-electron chi connectivity index (χ3n) is 4.32. The Morgan fingerprint density at radius 2 is 2.00 bits per heavy atom. The van der Waals surface area contributed by atoms with Gasteiger partial charge in [-0.15, -0.1) is 0 Å². The van der Waals surface area contributed by atoms with Crippen molar-refractivity contribution in [2.45, 2.75) is 32.6 Å². The number of aromatic carboxylic acids is 1. The molecular formula is C19H19NO2. The van der Waals surface area contributed by atoms with Crippen LogP contribution in [0.3, 0.4) is 0 Å². The molecule has 1 aromatic carbocycles.